The van der Waals surface area contributed by atoms with Gasteiger partial charge in [-0.05, 0) is 19.1 Å². The minimum absolute atomic E-state index is 0.0832. The first-order valence-corrected chi connectivity index (χ1v) is 5.84. The molecule has 0 aliphatic heterocycles. The molecule has 2 rings (SSSR count). The number of halogens is 1. The van der Waals surface area contributed by atoms with E-state index in [1.165, 1.54) is 12.1 Å². The Balaban J connectivity index is 1.96. The molecule has 0 aliphatic carbocycles. The second-order valence-corrected chi connectivity index (χ2v) is 4.19. The van der Waals surface area contributed by atoms with E-state index in [9.17, 15) is 9.18 Å². The number of aryl methyl sites for hydroxylation is 1. The lowest BCUT2D eigenvalue weighted by Crippen LogP contribution is -2.13. The zero-order chi connectivity index (χ0) is 13.8. The second kappa shape index (κ2) is 5.67. The van der Waals surface area contributed by atoms with E-state index < -0.39 is 5.97 Å². The summed E-state index contributed by atoms with van der Waals surface area (Å²) >= 11 is 0. The molecule has 5 heteroatoms. The molecule has 100 valence electrons. The van der Waals surface area contributed by atoms with Gasteiger partial charge in [-0.2, -0.15) is 0 Å². The first kappa shape index (κ1) is 13.3. The van der Waals surface area contributed by atoms with Crippen LogP contribution in [0.5, 0.6) is 0 Å². The van der Waals surface area contributed by atoms with Crippen molar-refractivity contribution in [3.63, 3.8) is 0 Å². The third-order valence-corrected chi connectivity index (χ3v) is 2.82. The molecule has 0 amide bonds. The second-order valence-electron chi connectivity index (χ2n) is 4.19. The molecular formula is C14H14FNO3. The number of rotatable bonds is 5. The van der Waals surface area contributed by atoms with Crippen molar-refractivity contribution in [1.82, 2.24) is 5.32 Å². The lowest BCUT2D eigenvalue weighted by Gasteiger charge is -2.04. The SMILES string of the molecule is Cc1oc(C(=O)O)cc1CNCc1ccccc1F. The number of carboxylic acid groups (broad SMARTS) is 1. The van der Waals surface area contributed by atoms with Gasteiger partial charge in [0, 0.05) is 24.2 Å². The molecule has 4 nitrogen and oxygen atoms in total. The van der Waals surface area contributed by atoms with Gasteiger partial charge in [-0.3, -0.25) is 0 Å². The average molecular weight is 263 g/mol. The molecule has 0 saturated heterocycles. The van der Waals surface area contributed by atoms with Crippen molar-refractivity contribution in [2.24, 2.45) is 0 Å². The van der Waals surface area contributed by atoms with Crippen molar-refractivity contribution >= 4 is 5.97 Å². The summed E-state index contributed by atoms with van der Waals surface area (Å²) < 4.78 is 18.5. The highest BCUT2D eigenvalue weighted by molar-refractivity contribution is 5.84. The van der Waals surface area contributed by atoms with E-state index in [2.05, 4.69) is 5.32 Å². The van der Waals surface area contributed by atoms with E-state index in [-0.39, 0.29) is 11.6 Å². The highest BCUT2D eigenvalue weighted by Gasteiger charge is 2.12. The Hall–Kier alpha value is -2.14. The van der Waals surface area contributed by atoms with Crippen LogP contribution in [0, 0.1) is 12.7 Å². The number of hydrogen-bond donors (Lipinski definition) is 2. The zero-order valence-electron chi connectivity index (χ0n) is 10.4. The van der Waals surface area contributed by atoms with Crippen LogP contribution in [0.1, 0.15) is 27.4 Å². The third kappa shape index (κ3) is 3.20. The number of carboxylic acids is 1. The van der Waals surface area contributed by atoms with Gasteiger partial charge in [0.1, 0.15) is 11.6 Å². The third-order valence-electron chi connectivity index (χ3n) is 2.82. The van der Waals surface area contributed by atoms with Crippen LogP contribution >= 0.6 is 0 Å². The quantitative estimate of drug-likeness (QED) is 0.870. The van der Waals surface area contributed by atoms with Gasteiger partial charge in [0.25, 0.3) is 0 Å². The van der Waals surface area contributed by atoms with Gasteiger partial charge < -0.3 is 14.8 Å². The first-order valence-electron chi connectivity index (χ1n) is 5.84. The van der Waals surface area contributed by atoms with Crippen LogP contribution in [0.3, 0.4) is 0 Å². The van der Waals surface area contributed by atoms with E-state index in [1.54, 1.807) is 25.1 Å². The van der Waals surface area contributed by atoms with Crippen molar-refractivity contribution in [3.05, 3.63) is 58.8 Å². The maximum Gasteiger partial charge on any atom is 0.371 e. The van der Waals surface area contributed by atoms with E-state index in [0.717, 1.165) is 5.56 Å². The van der Waals surface area contributed by atoms with Crippen molar-refractivity contribution in [2.75, 3.05) is 0 Å². The van der Waals surface area contributed by atoms with Crippen LogP contribution < -0.4 is 5.32 Å². The van der Waals surface area contributed by atoms with E-state index >= 15 is 0 Å². The monoisotopic (exact) mass is 263 g/mol. The molecule has 2 N–H and O–H groups in total. The summed E-state index contributed by atoms with van der Waals surface area (Å²) in [4.78, 5) is 10.7. The Kier molecular flexibility index (Phi) is 3.97. The van der Waals surface area contributed by atoms with Crippen molar-refractivity contribution in [1.29, 1.82) is 0 Å². The predicted molar refractivity (Wildman–Crippen MR) is 67.3 cm³/mol. The van der Waals surface area contributed by atoms with Gasteiger partial charge in [0.15, 0.2) is 0 Å². The van der Waals surface area contributed by atoms with Gasteiger partial charge in [-0.1, -0.05) is 18.2 Å². The maximum atomic E-state index is 13.4. The molecule has 0 fully saturated rings. The molecule has 0 bridgehead atoms. The number of carbonyl (C=O) groups is 1. The summed E-state index contributed by atoms with van der Waals surface area (Å²) in [6.45, 7) is 2.50. The molecule has 0 unspecified atom stereocenters. The minimum Gasteiger partial charge on any atom is -0.475 e. The summed E-state index contributed by atoms with van der Waals surface area (Å²) in [6.07, 6.45) is 0. The van der Waals surface area contributed by atoms with E-state index in [0.29, 0.717) is 24.4 Å². The number of benzene rings is 1. The fourth-order valence-corrected chi connectivity index (χ4v) is 1.77. The Labute approximate surface area is 109 Å². The largest absolute Gasteiger partial charge is 0.475 e. The molecule has 0 radical (unpaired) electrons. The standard InChI is InChI=1S/C14H14FNO3/c1-9-11(6-13(19-9)14(17)18)8-16-7-10-4-2-3-5-12(10)15/h2-6,16H,7-8H2,1H3,(H,17,18). The Morgan fingerprint density at radius 3 is 2.63 bits per heavy atom. The topological polar surface area (TPSA) is 62.5 Å². The molecule has 0 saturated carbocycles. The molecule has 0 aliphatic rings. The molecule has 19 heavy (non-hydrogen) atoms. The maximum absolute atomic E-state index is 13.4. The number of aromatic carboxylic acids is 1. The fourth-order valence-electron chi connectivity index (χ4n) is 1.77. The summed E-state index contributed by atoms with van der Waals surface area (Å²) in [7, 11) is 0. The van der Waals surface area contributed by atoms with Gasteiger partial charge in [0.05, 0.1) is 0 Å². The van der Waals surface area contributed by atoms with Crippen LogP contribution in [0.4, 0.5) is 4.39 Å². The summed E-state index contributed by atoms with van der Waals surface area (Å²) in [5, 5.41) is 11.9. The summed E-state index contributed by atoms with van der Waals surface area (Å²) in [5.74, 6) is -0.882. The van der Waals surface area contributed by atoms with E-state index in [4.69, 9.17) is 9.52 Å². The minimum atomic E-state index is -1.09. The van der Waals surface area contributed by atoms with Crippen molar-refractivity contribution < 1.29 is 18.7 Å². The van der Waals surface area contributed by atoms with Crippen LogP contribution in [0.15, 0.2) is 34.7 Å². The molecule has 1 heterocycles. The number of hydrogen-bond acceptors (Lipinski definition) is 3. The van der Waals surface area contributed by atoms with Crippen LogP contribution in [-0.2, 0) is 13.1 Å². The highest BCUT2D eigenvalue weighted by atomic mass is 19.1. The normalized spacial score (nSPS) is 10.6. The molecule has 1 aromatic carbocycles. The fraction of sp³-hybridized carbons (Fsp3) is 0.214. The van der Waals surface area contributed by atoms with Gasteiger partial charge in [-0.25, -0.2) is 9.18 Å². The molecule has 0 atom stereocenters. The van der Waals surface area contributed by atoms with Crippen molar-refractivity contribution in [2.45, 2.75) is 20.0 Å². The van der Waals surface area contributed by atoms with Crippen LogP contribution in [0.2, 0.25) is 0 Å². The Morgan fingerprint density at radius 2 is 2.00 bits per heavy atom. The molecule has 1 aromatic heterocycles. The molecular weight excluding hydrogens is 249 g/mol. The zero-order valence-corrected chi connectivity index (χ0v) is 10.4. The lowest BCUT2D eigenvalue weighted by atomic mass is 10.2. The average Bonchev–Trinajstić information content (AvgIpc) is 2.74. The summed E-state index contributed by atoms with van der Waals surface area (Å²) in [6, 6.07) is 7.99. The first-order chi connectivity index (χ1) is 9.08. The van der Waals surface area contributed by atoms with Crippen LogP contribution in [0.25, 0.3) is 0 Å². The number of furan rings is 1. The van der Waals surface area contributed by atoms with Crippen molar-refractivity contribution in [3.8, 4) is 0 Å². The molecule has 2 aromatic rings. The van der Waals surface area contributed by atoms with E-state index in [1.807, 2.05) is 0 Å². The lowest BCUT2D eigenvalue weighted by molar-refractivity contribution is 0.0661. The predicted octanol–water partition coefficient (Wildman–Crippen LogP) is 2.72. The van der Waals surface area contributed by atoms with Crippen LogP contribution in [-0.4, -0.2) is 11.1 Å². The smallest absolute Gasteiger partial charge is 0.371 e. The molecule has 0 spiro atoms. The van der Waals surface area contributed by atoms with Gasteiger partial charge >= 0.3 is 5.97 Å². The highest BCUT2D eigenvalue weighted by Crippen LogP contribution is 2.15. The Bertz CT molecular complexity index is 592. The van der Waals surface area contributed by atoms with Gasteiger partial charge in [-0.15, -0.1) is 0 Å². The summed E-state index contributed by atoms with van der Waals surface area (Å²) in [5.41, 5.74) is 1.33. The Morgan fingerprint density at radius 1 is 1.32 bits per heavy atom. The number of nitrogens with one attached hydrogen (secondary N) is 1. The van der Waals surface area contributed by atoms with Gasteiger partial charge in [0.2, 0.25) is 5.76 Å².